The summed E-state index contributed by atoms with van der Waals surface area (Å²) in [7, 11) is 0. The molecule has 164 valence electrons. The fourth-order valence-corrected chi connectivity index (χ4v) is 4.28. The van der Waals surface area contributed by atoms with Crippen LogP contribution >= 0.6 is 11.3 Å². The Morgan fingerprint density at radius 1 is 1.09 bits per heavy atom. The second kappa shape index (κ2) is 9.13. The molecule has 0 saturated heterocycles. The number of aryl methyl sites for hydroxylation is 1. The van der Waals surface area contributed by atoms with E-state index in [1.165, 1.54) is 17.7 Å². The molecule has 33 heavy (non-hydrogen) atoms. The number of amides is 1. The highest BCUT2D eigenvalue weighted by Gasteiger charge is 2.17. The summed E-state index contributed by atoms with van der Waals surface area (Å²) in [6, 6.07) is 13.8. The number of nitrogens with one attached hydrogen (secondary N) is 1. The number of benzene rings is 1. The van der Waals surface area contributed by atoms with Gasteiger partial charge in [0.25, 0.3) is 5.91 Å². The van der Waals surface area contributed by atoms with Crippen molar-refractivity contribution in [3.8, 4) is 16.4 Å². The number of aromatic nitrogens is 7. The van der Waals surface area contributed by atoms with Gasteiger partial charge in [-0.2, -0.15) is 10.2 Å². The summed E-state index contributed by atoms with van der Waals surface area (Å²) in [4.78, 5) is 25.8. The number of rotatable bonds is 7. The maximum absolute atomic E-state index is 12.6. The van der Waals surface area contributed by atoms with Crippen molar-refractivity contribution in [2.24, 2.45) is 0 Å². The Hall–Kier alpha value is -4.18. The summed E-state index contributed by atoms with van der Waals surface area (Å²) in [5, 5.41) is 12.4. The molecule has 1 amide bonds. The van der Waals surface area contributed by atoms with Crippen LogP contribution in [0.1, 0.15) is 26.5 Å². The summed E-state index contributed by atoms with van der Waals surface area (Å²) in [5.41, 5.74) is 4.44. The van der Waals surface area contributed by atoms with Crippen molar-refractivity contribution in [2.75, 3.05) is 0 Å². The van der Waals surface area contributed by atoms with Crippen molar-refractivity contribution in [3.63, 3.8) is 0 Å². The van der Waals surface area contributed by atoms with Crippen LogP contribution in [-0.2, 0) is 13.1 Å². The molecule has 1 N–H and O–H groups in total. The molecule has 1 aromatic carbocycles. The predicted octanol–water partition coefficient (Wildman–Crippen LogP) is 3.27. The number of hydrogen-bond acceptors (Lipinski definition) is 7. The molecule has 0 fully saturated rings. The fourth-order valence-electron chi connectivity index (χ4n) is 3.33. The SMILES string of the molecule is Cc1nc(-c2ccn(Cc3ccc(-n4cncn4)cc3)n2)sc1C(=O)NCc1cccnc1. The maximum Gasteiger partial charge on any atom is 0.263 e. The molecule has 0 atom stereocenters. The van der Waals surface area contributed by atoms with E-state index in [0.29, 0.717) is 23.7 Å². The summed E-state index contributed by atoms with van der Waals surface area (Å²) in [6.07, 6.45) is 8.53. The van der Waals surface area contributed by atoms with E-state index in [4.69, 9.17) is 0 Å². The Bertz CT molecular complexity index is 1360. The van der Waals surface area contributed by atoms with Gasteiger partial charge in [0.1, 0.15) is 28.2 Å². The minimum atomic E-state index is -0.146. The first kappa shape index (κ1) is 20.7. The van der Waals surface area contributed by atoms with Crippen molar-refractivity contribution in [3.05, 3.63) is 95.4 Å². The molecular formula is C23H20N8OS. The molecule has 4 aromatic heterocycles. The van der Waals surface area contributed by atoms with Crippen LogP contribution in [0.5, 0.6) is 0 Å². The monoisotopic (exact) mass is 456 g/mol. The zero-order chi connectivity index (χ0) is 22.6. The molecule has 0 unspecified atom stereocenters. The number of carbonyl (C=O) groups is 1. The number of nitrogens with zero attached hydrogens (tertiary/aromatic N) is 7. The van der Waals surface area contributed by atoms with Crippen molar-refractivity contribution in [1.29, 1.82) is 0 Å². The van der Waals surface area contributed by atoms with E-state index in [9.17, 15) is 4.79 Å². The van der Waals surface area contributed by atoms with E-state index in [2.05, 4.69) is 30.5 Å². The zero-order valence-electron chi connectivity index (χ0n) is 17.8. The first-order chi connectivity index (χ1) is 16.2. The van der Waals surface area contributed by atoms with E-state index < -0.39 is 0 Å². The molecular weight excluding hydrogens is 436 g/mol. The van der Waals surface area contributed by atoms with Gasteiger partial charge in [0, 0.05) is 25.1 Å². The molecule has 0 saturated carbocycles. The molecule has 0 aliphatic rings. The van der Waals surface area contributed by atoms with Crippen LogP contribution in [0.2, 0.25) is 0 Å². The summed E-state index contributed by atoms with van der Waals surface area (Å²) < 4.78 is 3.57. The summed E-state index contributed by atoms with van der Waals surface area (Å²) >= 11 is 1.35. The van der Waals surface area contributed by atoms with Crippen LogP contribution in [0, 0.1) is 6.92 Å². The van der Waals surface area contributed by atoms with Crippen LogP contribution in [0.3, 0.4) is 0 Å². The molecule has 10 heteroatoms. The Balaban J connectivity index is 1.25. The Labute approximate surface area is 193 Å². The van der Waals surface area contributed by atoms with Gasteiger partial charge in [0.05, 0.1) is 17.9 Å². The topological polar surface area (TPSA) is 103 Å². The molecule has 0 radical (unpaired) electrons. The second-order valence-electron chi connectivity index (χ2n) is 7.38. The first-order valence-electron chi connectivity index (χ1n) is 10.3. The van der Waals surface area contributed by atoms with Gasteiger partial charge in [-0.15, -0.1) is 11.3 Å². The van der Waals surface area contributed by atoms with Crippen LogP contribution in [0.15, 0.2) is 73.7 Å². The van der Waals surface area contributed by atoms with Crippen molar-refractivity contribution in [1.82, 2.24) is 39.8 Å². The van der Waals surface area contributed by atoms with E-state index in [0.717, 1.165) is 27.5 Å². The minimum Gasteiger partial charge on any atom is -0.347 e. The maximum atomic E-state index is 12.6. The normalized spacial score (nSPS) is 10.9. The molecule has 0 spiro atoms. The first-order valence-corrected chi connectivity index (χ1v) is 11.1. The van der Waals surface area contributed by atoms with Gasteiger partial charge in [-0.25, -0.2) is 14.6 Å². The van der Waals surface area contributed by atoms with Gasteiger partial charge in [0.2, 0.25) is 0 Å². The van der Waals surface area contributed by atoms with E-state index in [-0.39, 0.29) is 5.91 Å². The largest absolute Gasteiger partial charge is 0.347 e. The highest BCUT2D eigenvalue weighted by atomic mass is 32.1. The Morgan fingerprint density at radius 2 is 1.97 bits per heavy atom. The lowest BCUT2D eigenvalue weighted by atomic mass is 10.2. The van der Waals surface area contributed by atoms with Gasteiger partial charge >= 0.3 is 0 Å². The van der Waals surface area contributed by atoms with Crippen molar-refractivity contribution >= 4 is 17.2 Å². The van der Waals surface area contributed by atoms with Gasteiger partial charge in [0.15, 0.2) is 0 Å². The number of carbonyl (C=O) groups excluding carboxylic acids is 1. The average Bonchev–Trinajstić information content (AvgIpc) is 3.60. The molecule has 0 aliphatic heterocycles. The third kappa shape index (κ3) is 4.70. The summed E-state index contributed by atoms with van der Waals surface area (Å²) in [6.45, 7) is 2.89. The quantitative estimate of drug-likeness (QED) is 0.403. The predicted molar refractivity (Wildman–Crippen MR) is 124 cm³/mol. The molecule has 5 rings (SSSR count). The van der Waals surface area contributed by atoms with Crippen LogP contribution in [0.25, 0.3) is 16.4 Å². The van der Waals surface area contributed by atoms with Crippen molar-refractivity contribution < 1.29 is 4.79 Å². The van der Waals surface area contributed by atoms with E-state index in [1.54, 1.807) is 23.4 Å². The molecule has 0 aliphatic carbocycles. The lowest BCUT2D eigenvalue weighted by molar-refractivity contribution is 0.0954. The molecule has 5 aromatic rings. The van der Waals surface area contributed by atoms with Gasteiger partial charge in [-0.3, -0.25) is 14.5 Å². The summed E-state index contributed by atoms with van der Waals surface area (Å²) in [5.74, 6) is -0.146. The lowest BCUT2D eigenvalue weighted by Gasteiger charge is -2.04. The lowest BCUT2D eigenvalue weighted by Crippen LogP contribution is -2.22. The average molecular weight is 457 g/mol. The van der Waals surface area contributed by atoms with E-state index in [1.807, 2.05) is 60.3 Å². The number of hydrogen-bond donors (Lipinski definition) is 1. The van der Waals surface area contributed by atoms with Gasteiger partial charge in [-0.1, -0.05) is 18.2 Å². The van der Waals surface area contributed by atoms with Crippen LogP contribution in [-0.4, -0.2) is 40.4 Å². The number of thiazole rings is 1. The standard InChI is InChI=1S/C23H20N8OS/c1-16-21(22(32)26-12-18-3-2-9-24-11-18)33-23(28-16)20-8-10-30(29-20)13-17-4-6-19(7-5-17)31-15-25-14-27-31/h2-11,14-15H,12-13H2,1H3,(H,26,32). The van der Waals surface area contributed by atoms with Gasteiger partial charge in [-0.05, 0) is 42.3 Å². The van der Waals surface area contributed by atoms with Crippen LogP contribution in [0.4, 0.5) is 0 Å². The fraction of sp³-hybridized carbons (Fsp3) is 0.130. The smallest absolute Gasteiger partial charge is 0.263 e. The molecule has 0 bridgehead atoms. The number of pyridine rings is 1. The zero-order valence-corrected chi connectivity index (χ0v) is 18.6. The molecule has 9 nitrogen and oxygen atoms in total. The van der Waals surface area contributed by atoms with Crippen LogP contribution < -0.4 is 5.32 Å². The van der Waals surface area contributed by atoms with E-state index >= 15 is 0 Å². The minimum absolute atomic E-state index is 0.146. The highest BCUT2D eigenvalue weighted by Crippen LogP contribution is 2.27. The third-order valence-electron chi connectivity index (χ3n) is 5.00. The molecule has 4 heterocycles. The second-order valence-corrected chi connectivity index (χ2v) is 8.38. The Morgan fingerprint density at radius 3 is 2.73 bits per heavy atom. The van der Waals surface area contributed by atoms with Crippen molar-refractivity contribution in [2.45, 2.75) is 20.0 Å². The van der Waals surface area contributed by atoms with Gasteiger partial charge < -0.3 is 5.32 Å². The highest BCUT2D eigenvalue weighted by molar-refractivity contribution is 7.17. The Kier molecular flexibility index (Phi) is 5.73. The third-order valence-corrected chi connectivity index (χ3v) is 6.18.